The third-order valence-corrected chi connectivity index (χ3v) is 3.83. The molecule has 2 aromatic rings. The molecule has 0 fully saturated rings. The molecule has 0 saturated carbocycles. The largest absolute Gasteiger partial charge is 0.333 e. The first kappa shape index (κ1) is 17.0. The van der Waals surface area contributed by atoms with Crippen molar-refractivity contribution < 1.29 is 10.1 Å². The van der Waals surface area contributed by atoms with E-state index in [1.807, 2.05) is 60.8 Å². The van der Waals surface area contributed by atoms with Crippen LogP contribution in [-0.4, -0.2) is 12.5 Å². The molecule has 0 saturated heterocycles. The van der Waals surface area contributed by atoms with E-state index in [-0.39, 0.29) is 11.9 Å². The van der Waals surface area contributed by atoms with Crippen molar-refractivity contribution in [2.24, 2.45) is 0 Å². The molecule has 0 aliphatic heterocycles. The molecule has 2 aromatic carbocycles. The van der Waals surface area contributed by atoms with Crippen LogP contribution in [0.2, 0.25) is 5.02 Å². The molecule has 4 nitrogen and oxygen atoms in total. The second-order valence-corrected chi connectivity index (χ2v) is 5.80. The number of nitrogens with one attached hydrogen (secondary N) is 1. The Hall–Kier alpha value is -2.35. The first-order valence-corrected chi connectivity index (χ1v) is 7.81. The van der Waals surface area contributed by atoms with Crippen molar-refractivity contribution in [3.63, 3.8) is 0 Å². The highest BCUT2D eigenvalue weighted by molar-refractivity contribution is 6.30. The van der Waals surface area contributed by atoms with Gasteiger partial charge in [0.2, 0.25) is 0 Å². The van der Waals surface area contributed by atoms with Gasteiger partial charge >= 0.3 is 0 Å². The van der Waals surface area contributed by atoms with Gasteiger partial charge in [0.05, 0.1) is 12.5 Å². The molecule has 0 aliphatic rings. The Morgan fingerprint density at radius 3 is 2.48 bits per heavy atom. The van der Waals surface area contributed by atoms with Gasteiger partial charge in [0.1, 0.15) is 6.04 Å². The Balaban J connectivity index is 1.82. The normalized spacial score (nSPS) is 11.5. The zero-order valence-electron chi connectivity index (χ0n) is 12.9. The van der Waals surface area contributed by atoms with Crippen molar-refractivity contribution in [2.45, 2.75) is 19.4 Å². The van der Waals surface area contributed by atoms with Crippen molar-refractivity contribution >= 4 is 23.2 Å². The summed E-state index contributed by atoms with van der Waals surface area (Å²) in [5, 5.41) is 14.2. The summed E-state index contributed by atoms with van der Waals surface area (Å²) in [5.74, 6) is -0.0566. The van der Waals surface area contributed by atoms with Crippen LogP contribution in [0.5, 0.6) is 0 Å². The Morgan fingerprint density at radius 2 is 1.87 bits per heavy atom. The molecule has 0 radical (unpaired) electrons. The fourth-order valence-corrected chi connectivity index (χ4v) is 2.32. The van der Waals surface area contributed by atoms with Crippen LogP contribution in [-0.2, 0) is 11.2 Å². The molecule has 0 spiro atoms. The van der Waals surface area contributed by atoms with Gasteiger partial charge in [-0.3, -0.25) is 4.79 Å². The lowest BCUT2D eigenvalue weighted by atomic mass is 10.1. The Morgan fingerprint density at radius 1 is 1.22 bits per heavy atom. The number of carbonyl (C=O) groups excluding carboxylic acids is 1. The SMILES string of the molecule is C[C@@H]([NH2+]CC(=O)Nc1ccc(CC#N)cc1)c1ccc(Cl)cc1. The van der Waals surface area contributed by atoms with E-state index >= 15 is 0 Å². The first-order chi connectivity index (χ1) is 11.1. The highest BCUT2D eigenvalue weighted by atomic mass is 35.5. The quantitative estimate of drug-likeness (QED) is 0.856. The van der Waals surface area contributed by atoms with E-state index in [1.165, 1.54) is 0 Å². The van der Waals surface area contributed by atoms with E-state index in [0.717, 1.165) is 16.8 Å². The molecule has 0 aromatic heterocycles. The second-order valence-electron chi connectivity index (χ2n) is 5.36. The summed E-state index contributed by atoms with van der Waals surface area (Å²) in [6.07, 6.45) is 0.376. The zero-order valence-corrected chi connectivity index (χ0v) is 13.7. The van der Waals surface area contributed by atoms with Crippen LogP contribution < -0.4 is 10.6 Å². The molecule has 1 atom stereocenters. The number of halogens is 1. The molecule has 0 aliphatic carbocycles. The molecule has 1 amide bonds. The van der Waals surface area contributed by atoms with Crippen molar-refractivity contribution in [3.05, 3.63) is 64.7 Å². The third kappa shape index (κ3) is 5.41. The third-order valence-electron chi connectivity index (χ3n) is 3.57. The summed E-state index contributed by atoms with van der Waals surface area (Å²) in [5.41, 5.74) is 2.81. The van der Waals surface area contributed by atoms with E-state index in [4.69, 9.17) is 16.9 Å². The molecule has 0 unspecified atom stereocenters. The lowest BCUT2D eigenvalue weighted by Crippen LogP contribution is -2.86. The van der Waals surface area contributed by atoms with E-state index in [9.17, 15) is 4.79 Å². The summed E-state index contributed by atoms with van der Waals surface area (Å²) in [6.45, 7) is 2.39. The zero-order chi connectivity index (χ0) is 16.7. The maximum atomic E-state index is 12.0. The van der Waals surface area contributed by atoms with Crippen molar-refractivity contribution in [1.29, 1.82) is 5.26 Å². The molecular weight excluding hydrogens is 310 g/mol. The molecule has 0 bridgehead atoms. The number of anilines is 1. The van der Waals surface area contributed by atoms with Gasteiger partial charge in [0.25, 0.3) is 5.91 Å². The standard InChI is InChI=1S/C18H18ClN3O/c1-13(15-4-6-16(19)7-5-15)21-12-18(23)22-17-8-2-14(3-9-17)10-11-20/h2-9,13,21H,10,12H2,1H3,(H,22,23)/p+1/t13-/m1/s1. The highest BCUT2D eigenvalue weighted by Crippen LogP contribution is 2.13. The fraction of sp³-hybridized carbons (Fsp3) is 0.222. The van der Waals surface area contributed by atoms with E-state index in [0.29, 0.717) is 18.0 Å². The predicted molar refractivity (Wildman–Crippen MR) is 91.0 cm³/mol. The second kappa shape index (κ2) is 8.33. The highest BCUT2D eigenvalue weighted by Gasteiger charge is 2.11. The van der Waals surface area contributed by atoms with Crippen LogP contribution in [0, 0.1) is 11.3 Å². The number of hydrogen-bond acceptors (Lipinski definition) is 2. The summed E-state index contributed by atoms with van der Waals surface area (Å²) >= 11 is 5.87. The number of quaternary nitrogens is 1. The fourth-order valence-electron chi connectivity index (χ4n) is 2.20. The Labute approximate surface area is 141 Å². The topological polar surface area (TPSA) is 69.5 Å². The van der Waals surface area contributed by atoms with E-state index < -0.39 is 0 Å². The van der Waals surface area contributed by atoms with Gasteiger partial charge in [-0.1, -0.05) is 35.9 Å². The number of carbonyl (C=O) groups is 1. The Bertz CT molecular complexity index is 690. The molecule has 2 rings (SSSR count). The smallest absolute Gasteiger partial charge is 0.279 e. The van der Waals surface area contributed by atoms with Crippen molar-refractivity contribution in [3.8, 4) is 6.07 Å². The number of nitrogens with two attached hydrogens (primary N) is 1. The summed E-state index contributed by atoms with van der Waals surface area (Å²) < 4.78 is 0. The van der Waals surface area contributed by atoms with Gasteiger partial charge in [-0.25, -0.2) is 0 Å². The average molecular weight is 329 g/mol. The van der Waals surface area contributed by atoms with Gasteiger partial charge in [-0.15, -0.1) is 0 Å². The number of amides is 1. The molecular formula is C18H19ClN3O+. The number of rotatable bonds is 6. The van der Waals surface area contributed by atoms with Crippen LogP contribution in [0.3, 0.4) is 0 Å². The van der Waals surface area contributed by atoms with Gasteiger partial charge < -0.3 is 10.6 Å². The number of nitriles is 1. The predicted octanol–water partition coefficient (Wildman–Crippen LogP) is 2.67. The van der Waals surface area contributed by atoms with Crippen LogP contribution in [0.1, 0.15) is 24.1 Å². The number of benzene rings is 2. The molecule has 5 heteroatoms. The molecule has 118 valence electrons. The maximum absolute atomic E-state index is 12.0. The minimum atomic E-state index is -0.0566. The van der Waals surface area contributed by atoms with E-state index in [1.54, 1.807) is 0 Å². The first-order valence-electron chi connectivity index (χ1n) is 7.43. The van der Waals surface area contributed by atoms with Crippen molar-refractivity contribution in [2.75, 3.05) is 11.9 Å². The van der Waals surface area contributed by atoms with Crippen LogP contribution in [0.4, 0.5) is 5.69 Å². The number of nitrogens with zero attached hydrogens (tertiary/aromatic N) is 1. The van der Waals surface area contributed by atoms with E-state index in [2.05, 4.69) is 11.4 Å². The monoisotopic (exact) mass is 328 g/mol. The van der Waals surface area contributed by atoms with Crippen molar-refractivity contribution in [1.82, 2.24) is 0 Å². The molecule has 3 N–H and O–H groups in total. The minimum absolute atomic E-state index is 0.0566. The minimum Gasteiger partial charge on any atom is -0.333 e. The molecule has 0 heterocycles. The average Bonchev–Trinajstić information content (AvgIpc) is 2.55. The molecule has 23 heavy (non-hydrogen) atoms. The van der Waals surface area contributed by atoms with Gasteiger partial charge in [-0.2, -0.15) is 5.26 Å². The maximum Gasteiger partial charge on any atom is 0.279 e. The lowest BCUT2D eigenvalue weighted by molar-refractivity contribution is -0.682. The Kier molecular flexibility index (Phi) is 6.16. The summed E-state index contributed by atoms with van der Waals surface area (Å²) in [4.78, 5) is 12.0. The number of hydrogen-bond donors (Lipinski definition) is 2. The summed E-state index contributed by atoms with van der Waals surface area (Å²) in [7, 11) is 0. The summed E-state index contributed by atoms with van der Waals surface area (Å²) in [6, 6.07) is 17.2. The van der Waals surface area contributed by atoms with Gasteiger partial charge in [0.15, 0.2) is 6.54 Å². The lowest BCUT2D eigenvalue weighted by Gasteiger charge is -2.11. The van der Waals surface area contributed by atoms with Crippen LogP contribution in [0.15, 0.2) is 48.5 Å². The van der Waals surface area contributed by atoms with Gasteiger partial charge in [-0.05, 0) is 36.8 Å². The van der Waals surface area contributed by atoms with Crippen LogP contribution >= 0.6 is 11.6 Å². The van der Waals surface area contributed by atoms with Gasteiger partial charge in [0, 0.05) is 16.3 Å². The van der Waals surface area contributed by atoms with Crippen LogP contribution in [0.25, 0.3) is 0 Å².